The first-order valence-corrected chi connectivity index (χ1v) is 5.38. The molecule has 90 valence electrons. The van der Waals surface area contributed by atoms with Crippen LogP contribution in [0.4, 0.5) is 10.1 Å². The fraction of sp³-hybridized carbons (Fsp3) is 0.333. The Kier molecular flexibility index (Phi) is 3.08. The Morgan fingerprint density at radius 1 is 1.41 bits per heavy atom. The van der Waals surface area contributed by atoms with Gasteiger partial charge in [0, 0.05) is 25.7 Å². The molecule has 0 radical (unpaired) electrons. The first-order valence-electron chi connectivity index (χ1n) is 5.38. The number of rotatable bonds is 2. The minimum absolute atomic E-state index is 0.0280. The number of likely N-dealkylation sites (tertiary alicyclic amines) is 1. The van der Waals surface area contributed by atoms with Crippen LogP contribution in [0.1, 0.15) is 6.92 Å². The maximum Gasteiger partial charge on any atom is 0.231 e. The Hall–Kier alpha value is -1.91. The van der Waals surface area contributed by atoms with E-state index < -0.39 is 0 Å². The third kappa shape index (κ3) is 2.61. The lowest BCUT2D eigenvalue weighted by atomic mass is 9.99. The number of nitrogens with zero attached hydrogens (tertiary/aromatic N) is 1. The van der Waals surface area contributed by atoms with Crippen LogP contribution in [-0.4, -0.2) is 29.8 Å². The lowest BCUT2D eigenvalue weighted by Gasteiger charge is -2.37. The van der Waals surface area contributed by atoms with E-state index in [4.69, 9.17) is 0 Å². The maximum atomic E-state index is 12.9. The predicted octanol–water partition coefficient (Wildman–Crippen LogP) is 1.24. The molecule has 5 heteroatoms. The van der Waals surface area contributed by atoms with Crippen molar-refractivity contribution >= 4 is 17.5 Å². The summed E-state index contributed by atoms with van der Waals surface area (Å²) in [6, 6.07) is 5.74. The number of benzene rings is 1. The second-order valence-electron chi connectivity index (χ2n) is 4.12. The molecule has 0 aromatic heterocycles. The van der Waals surface area contributed by atoms with E-state index in [0.717, 1.165) is 0 Å². The van der Waals surface area contributed by atoms with E-state index >= 15 is 0 Å². The summed E-state index contributed by atoms with van der Waals surface area (Å²) in [7, 11) is 0. The molecule has 1 N–H and O–H groups in total. The van der Waals surface area contributed by atoms with Gasteiger partial charge in [0.1, 0.15) is 5.82 Å². The van der Waals surface area contributed by atoms with E-state index in [-0.39, 0.29) is 23.5 Å². The largest absolute Gasteiger partial charge is 0.341 e. The Morgan fingerprint density at radius 3 is 2.71 bits per heavy atom. The van der Waals surface area contributed by atoms with Crippen LogP contribution in [0.2, 0.25) is 0 Å². The molecule has 1 aliphatic rings. The summed E-state index contributed by atoms with van der Waals surface area (Å²) in [4.78, 5) is 24.2. The summed E-state index contributed by atoms with van der Waals surface area (Å²) < 4.78 is 12.9. The SMILES string of the molecule is CC(=O)N1CC(C(=O)Nc2cccc(F)c2)C1. The molecule has 1 aromatic carbocycles. The summed E-state index contributed by atoms with van der Waals surface area (Å²) in [5.74, 6) is -0.781. The zero-order valence-corrected chi connectivity index (χ0v) is 9.44. The molecule has 1 fully saturated rings. The van der Waals surface area contributed by atoms with E-state index in [2.05, 4.69) is 5.32 Å². The number of carbonyl (C=O) groups excluding carboxylic acids is 2. The number of hydrogen-bond donors (Lipinski definition) is 1. The summed E-state index contributed by atoms with van der Waals surface area (Å²) >= 11 is 0. The second-order valence-corrected chi connectivity index (χ2v) is 4.12. The van der Waals surface area contributed by atoms with Gasteiger partial charge in [-0.05, 0) is 18.2 Å². The van der Waals surface area contributed by atoms with Crippen LogP contribution in [0.25, 0.3) is 0 Å². The van der Waals surface area contributed by atoms with Crippen molar-refractivity contribution in [1.82, 2.24) is 4.90 Å². The Bertz CT molecular complexity index is 456. The molecule has 0 bridgehead atoms. The number of halogens is 1. The molecule has 0 unspecified atom stereocenters. The van der Waals surface area contributed by atoms with Crippen LogP contribution in [0, 0.1) is 11.7 Å². The van der Waals surface area contributed by atoms with E-state index in [1.54, 1.807) is 11.0 Å². The van der Waals surface area contributed by atoms with Gasteiger partial charge >= 0.3 is 0 Å². The van der Waals surface area contributed by atoms with E-state index in [1.807, 2.05) is 0 Å². The first kappa shape index (κ1) is 11.6. The van der Waals surface area contributed by atoms with Gasteiger partial charge in [-0.3, -0.25) is 9.59 Å². The smallest absolute Gasteiger partial charge is 0.231 e. The predicted molar refractivity (Wildman–Crippen MR) is 60.8 cm³/mol. The lowest BCUT2D eigenvalue weighted by molar-refractivity contribution is -0.139. The Labute approximate surface area is 98.4 Å². The summed E-state index contributed by atoms with van der Waals surface area (Å²) in [6.07, 6.45) is 0. The van der Waals surface area contributed by atoms with Crippen LogP contribution < -0.4 is 5.32 Å². The van der Waals surface area contributed by atoms with Crippen LogP contribution in [0.5, 0.6) is 0 Å². The molecule has 1 heterocycles. The average Bonchev–Trinajstić information content (AvgIpc) is 2.13. The summed E-state index contributed by atoms with van der Waals surface area (Å²) in [5, 5.41) is 2.63. The fourth-order valence-corrected chi connectivity index (χ4v) is 1.71. The molecule has 1 aliphatic heterocycles. The van der Waals surface area contributed by atoms with Crippen molar-refractivity contribution in [2.24, 2.45) is 5.92 Å². The number of anilines is 1. The van der Waals surface area contributed by atoms with Gasteiger partial charge in [0.05, 0.1) is 5.92 Å². The van der Waals surface area contributed by atoms with Gasteiger partial charge in [0.15, 0.2) is 0 Å². The van der Waals surface area contributed by atoms with E-state index in [1.165, 1.54) is 25.1 Å². The molecule has 2 amide bonds. The zero-order valence-electron chi connectivity index (χ0n) is 9.44. The summed E-state index contributed by atoms with van der Waals surface area (Å²) in [6.45, 7) is 2.35. The zero-order chi connectivity index (χ0) is 12.4. The minimum atomic E-state index is -0.387. The molecule has 2 rings (SSSR count). The average molecular weight is 236 g/mol. The molecule has 0 atom stereocenters. The van der Waals surface area contributed by atoms with Crippen molar-refractivity contribution in [2.45, 2.75) is 6.92 Å². The quantitative estimate of drug-likeness (QED) is 0.840. The third-order valence-electron chi connectivity index (χ3n) is 2.79. The number of amides is 2. The molecule has 17 heavy (non-hydrogen) atoms. The van der Waals surface area contributed by atoms with Crippen molar-refractivity contribution in [3.8, 4) is 0 Å². The van der Waals surface area contributed by atoms with Crippen LogP contribution in [0.15, 0.2) is 24.3 Å². The van der Waals surface area contributed by atoms with Gasteiger partial charge in [-0.2, -0.15) is 0 Å². The van der Waals surface area contributed by atoms with Crippen LogP contribution in [0.3, 0.4) is 0 Å². The number of hydrogen-bond acceptors (Lipinski definition) is 2. The fourth-order valence-electron chi connectivity index (χ4n) is 1.71. The van der Waals surface area contributed by atoms with Crippen LogP contribution in [-0.2, 0) is 9.59 Å². The number of carbonyl (C=O) groups is 2. The third-order valence-corrected chi connectivity index (χ3v) is 2.79. The molecular formula is C12H13FN2O2. The molecular weight excluding hydrogens is 223 g/mol. The monoisotopic (exact) mass is 236 g/mol. The first-order chi connectivity index (χ1) is 8.06. The van der Waals surface area contributed by atoms with Crippen LogP contribution >= 0.6 is 0 Å². The standard InChI is InChI=1S/C12H13FN2O2/c1-8(16)15-6-9(7-15)12(17)14-11-4-2-3-10(13)5-11/h2-5,9H,6-7H2,1H3,(H,14,17). The van der Waals surface area contributed by atoms with Crippen molar-refractivity contribution in [3.63, 3.8) is 0 Å². The highest BCUT2D eigenvalue weighted by atomic mass is 19.1. The summed E-state index contributed by atoms with van der Waals surface area (Å²) in [5.41, 5.74) is 0.441. The minimum Gasteiger partial charge on any atom is -0.341 e. The van der Waals surface area contributed by atoms with Gasteiger partial charge in [-0.25, -0.2) is 4.39 Å². The van der Waals surface area contributed by atoms with Gasteiger partial charge in [-0.15, -0.1) is 0 Å². The molecule has 0 aliphatic carbocycles. The highest BCUT2D eigenvalue weighted by molar-refractivity contribution is 5.94. The van der Waals surface area contributed by atoms with E-state index in [9.17, 15) is 14.0 Å². The second kappa shape index (κ2) is 4.53. The van der Waals surface area contributed by atoms with Gasteiger partial charge in [0.2, 0.25) is 11.8 Å². The molecule has 0 saturated carbocycles. The van der Waals surface area contributed by atoms with Crippen molar-refractivity contribution in [1.29, 1.82) is 0 Å². The Balaban J connectivity index is 1.89. The lowest BCUT2D eigenvalue weighted by Crippen LogP contribution is -2.53. The molecule has 0 spiro atoms. The number of nitrogens with one attached hydrogen (secondary N) is 1. The highest BCUT2D eigenvalue weighted by Gasteiger charge is 2.33. The maximum absolute atomic E-state index is 12.9. The normalized spacial score (nSPS) is 15.3. The van der Waals surface area contributed by atoms with Crippen molar-refractivity contribution in [3.05, 3.63) is 30.1 Å². The van der Waals surface area contributed by atoms with E-state index in [0.29, 0.717) is 18.8 Å². The van der Waals surface area contributed by atoms with Gasteiger partial charge in [0.25, 0.3) is 0 Å². The van der Waals surface area contributed by atoms with Gasteiger partial charge in [-0.1, -0.05) is 6.07 Å². The highest BCUT2D eigenvalue weighted by Crippen LogP contribution is 2.18. The topological polar surface area (TPSA) is 49.4 Å². The van der Waals surface area contributed by atoms with Crippen molar-refractivity contribution < 1.29 is 14.0 Å². The Morgan fingerprint density at radius 2 is 2.12 bits per heavy atom. The molecule has 1 saturated heterocycles. The molecule has 1 aromatic rings. The van der Waals surface area contributed by atoms with Gasteiger partial charge < -0.3 is 10.2 Å². The molecule has 4 nitrogen and oxygen atoms in total. The van der Waals surface area contributed by atoms with Crippen molar-refractivity contribution in [2.75, 3.05) is 18.4 Å².